The molecular weight excluding hydrogens is 238 g/mol. The number of rotatable bonds is 6. The summed E-state index contributed by atoms with van der Waals surface area (Å²) in [6, 6.07) is 0.313. The van der Waals surface area contributed by atoms with Gasteiger partial charge in [-0.25, -0.2) is 0 Å². The molecule has 0 bridgehead atoms. The maximum Gasteiger partial charge on any atom is 0.220 e. The molecule has 3 N–H and O–H groups in total. The zero-order chi connectivity index (χ0) is 14.5. The van der Waals surface area contributed by atoms with Gasteiger partial charge in [0.05, 0.1) is 0 Å². The van der Waals surface area contributed by atoms with Crippen molar-refractivity contribution in [1.29, 1.82) is 0 Å². The summed E-state index contributed by atoms with van der Waals surface area (Å²) in [5, 5.41) is 3.22. The van der Waals surface area contributed by atoms with Crippen LogP contribution >= 0.6 is 0 Å². The number of carbonyl (C=O) groups is 1. The predicted molar refractivity (Wildman–Crippen MR) is 79.9 cm³/mol. The van der Waals surface area contributed by atoms with E-state index in [0.717, 1.165) is 38.8 Å². The average molecular weight is 269 g/mol. The number of hydrogen-bond acceptors (Lipinski definition) is 3. The van der Waals surface area contributed by atoms with E-state index >= 15 is 0 Å². The first-order chi connectivity index (χ1) is 8.89. The van der Waals surface area contributed by atoms with Crippen LogP contribution in [0, 0.1) is 5.92 Å². The van der Waals surface area contributed by atoms with Crippen LogP contribution in [0.2, 0.25) is 0 Å². The lowest BCUT2D eigenvalue weighted by molar-refractivity contribution is -0.123. The van der Waals surface area contributed by atoms with Crippen LogP contribution in [0.25, 0.3) is 0 Å². The molecule has 4 nitrogen and oxygen atoms in total. The Hall–Kier alpha value is -0.610. The molecule has 4 heteroatoms. The van der Waals surface area contributed by atoms with Crippen molar-refractivity contribution >= 4 is 5.91 Å². The van der Waals surface area contributed by atoms with E-state index in [9.17, 15) is 4.79 Å². The molecule has 1 amide bonds. The molecule has 0 aromatic rings. The van der Waals surface area contributed by atoms with E-state index in [2.05, 4.69) is 38.0 Å². The van der Waals surface area contributed by atoms with Crippen molar-refractivity contribution in [3.05, 3.63) is 0 Å². The van der Waals surface area contributed by atoms with Crippen LogP contribution in [0.15, 0.2) is 0 Å². The number of nitrogens with zero attached hydrogens (tertiary/aromatic N) is 1. The summed E-state index contributed by atoms with van der Waals surface area (Å²) in [6.07, 6.45) is 4.71. The van der Waals surface area contributed by atoms with E-state index < -0.39 is 0 Å². The van der Waals surface area contributed by atoms with Gasteiger partial charge in [-0.05, 0) is 52.6 Å². The highest BCUT2D eigenvalue weighted by molar-refractivity contribution is 5.76. The van der Waals surface area contributed by atoms with Gasteiger partial charge in [0.15, 0.2) is 0 Å². The third-order valence-electron chi connectivity index (χ3n) is 4.93. The number of carbonyl (C=O) groups excluding carboxylic acids is 1. The molecule has 0 aromatic heterocycles. The molecule has 1 heterocycles. The maximum atomic E-state index is 12.0. The highest BCUT2D eigenvalue weighted by Gasteiger charge is 2.39. The van der Waals surface area contributed by atoms with Crippen molar-refractivity contribution in [2.75, 3.05) is 20.1 Å². The Morgan fingerprint density at radius 1 is 1.37 bits per heavy atom. The standard InChI is InChI=1S/C15H31N3O/c1-12-13(9-11-18(4)15(12,2)3)17-14(19)8-6-5-7-10-16/h12-13H,5-11,16H2,1-4H3,(H,17,19). The SMILES string of the molecule is CC1C(NC(=O)CCCCCN)CCN(C)C1(C)C. The molecule has 1 fully saturated rings. The number of amides is 1. The van der Waals surface area contributed by atoms with E-state index in [1.807, 2.05) is 0 Å². The highest BCUT2D eigenvalue weighted by atomic mass is 16.1. The lowest BCUT2D eigenvalue weighted by Crippen LogP contribution is -2.59. The Kier molecular flexibility index (Phi) is 6.27. The van der Waals surface area contributed by atoms with Crippen LogP contribution in [-0.2, 0) is 4.79 Å². The molecule has 1 saturated heterocycles. The first kappa shape index (κ1) is 16.4. The number of nitrogens with one attached hydrogen (secondary N) is 1. The van der Waals surface area contributed by atoms with E-state index in [4.69, 9.17) is 5.73 Å². The Bertz CT molecular complexity index is 291. The fraction of sp³-hybridized carbons (Fsp3) is 0.933. The van der Waals surface area contributed by atoms with Crippen LogP contribution in [0.4, 0.5) is 0 Å². The Balaban J connectivity index is 2.38. The predicted octanol–water partition coefficient (Wildman–Crippen LogP) is 1.74. The summed E-state index contributed by atoms with van der Waals surface area (Å²) < 4.78 is 0. The van der Waals surface area contributed by atoms with E-state index in [1.165, 1.54) is 0 Å². The second-order valence-electron chi connectivity index (χ2n) is 6.43. The molecule has 112 valence electrons. The monoisotopic (exact) mass is 269 g/mol. The normalized spacial score (nSPS) is 27.2. The second-order valence-corrected chi connectivity index (χ2v) is 6.43. The van der Waals surface area contributed by atoms with Gasteiger partial charge in [-0.3, -0.25) is 4.79 Å². The van der Waals surface area contributed by atoms with Crippen molar-refractivity contribution in [2.45, 2.75) is 64.5 Å². The van der Waals surface area contributed by atoms with Crippen LogP contribution in [0.3, 0.4) is 0 Å². The van der Waals surface area contributed by atoms with Crippen molar-refractivity contribution in [1.82, 2.24) is 10.2 Å². The van der Waals surface area contributed by atoms with Gasteiger partial charge in [0.1, 0.15) is 0 Å². The quantitative estimate of drug-likeness (QED) is 0.722. The zero-order valence-corrected chi connectivity index (χ0v) is 13.0. The minimum absolute atomic E-state index is 0.149. The molecule has 1 rings (SSSR count). The van der Waals surface area contributed by atoms with Crippen LogP contribution in [-0.4, -0.2) is 42.5 Å². The third kappa shape index (κ3) is 4.46. The Labute approximate surface area is 118 Å². The summed E-state index contributed by atoms with van der Waals surface area (Å²) in [7, 11) is 2.17. The van der Waals surface area contributed by atoms with Crippen LogP contribution in [0.5, 0.6) is 0 Å². The molecule has 1 aliphatic rings. The fourth-order valence-electron chi connectivity index (χ4n) is 2.79. The number of nitrogens with two attached hydrogens (primary N) is 1. The van der Waals surface area contributed by atoms with E-state index in [1.54, 1.807) is 0 Å². The van der Waals surface area contributed by atoms with Gasteiger partial charge >= 0.3 is 0 Å². The molecule has 1 aliphatic heterocycles. The summed E-state index contributed by atoms with van der Waals surface area (Å²) in [6.45, 7) is 8.54. The molecule has 0 aromatic carbocycles. The summed E-state index contributed by atoms with van der Waals surface area (Å²) in [5.74, 6) is 0.675. The number of unbranched alkanes of at least 4 members (excludes halogenated alkanes) is 2. The van der Waals surface area contributed by atoms with Crippen molar-refractivity contribution in [3.8, 4) is 0 Å². The molecule has 0 aliphatic carbocycles. The van der Waals surface area contributed by atoms with Gasteiger partial charge < -0.3 is 16.0 Å². The smallest absolute Gasteiger partial charge is 0.220 e. The topological polar surface area (TPSA) is 58.4 Å². The minimum Gasteiger partial charge on any atom is -0.353 e. The van der Waals surface area contributed by atoms with Gasteiger partial charge in [0.2, 0.25) is 5.91 Å². The average Bonchev–Trinajstić information content (AvgIpc) is 2.36. The van der Waals surface area contributed by atoms with Gasteiger partial charge in [-0.15, -0.1) is 0 Å². The van der Waals surface area contributed by atoms with Crippen LogP contribution < -0.4 is 11.1 Å². The molecule has 2 unspecified atom stereocenters. The summed E-state index contributed by atoms with van der Waals surface area (Å²) >= 11 is 0. The zero-order valence-electron chi connectivity index (χ0n) is 13.0. The molecule has 19 heavy (non-hydrogen) atoms. The van der Waals surface area contributed by atoms with Gasteiger partial charge in [0.25, 0.3) is 0 Å². The first-order valence-corrected chi connectivity index (χ1v) is 7.60. The molecular formula is C15H31N3O. The largest absolute Gasteiger partial charge is 0.353 e. The first-order valence-electron chi connectivity index (χ1n) is 7.60. The van der Waals surface area contributed by atoms with Gasteiger partial charge in [-0.1, -0.05) is 13.3 Å². The number of likely N-dealkylation sites (tertiary alicyclic amines) is 1. The van der Waals surface area contributed by atoms with Crippen LogP contribution in [0.1, 0.15) is 52.9 Å². The maximum absolute atomic E-state index is 12.0. The lowest BCUT2D eigenvalue weighted by Gasteiger charge is -2.49. The minimum atomic E-state index is 0.149. The van der Waals surface area contributed by atoms with Crippen molar-refractivity contribution in [3.63, 3.8) is 0 Å². The molecule has 0 spiro atoms. The molecule has 0 saturated carbocycles. The Morgan fingerprint density at radius 2 is 2.05 bits per heavy atom. The summed E-state index contributed by atoms with van der Waals surface area (Å²) in [5.41, 5.74) is 5.60. The Morgan fingerprint density at radius 3 is 2.68 bits per heavy atom. The number of hydrogen-bond donors (Lipinski definition) is 2. The molecule has 2 atom stereocenters. The van der Waals surface area contributed by atoms with E-state index in [0.29, 0.717) is 18.4 Å². The van der Waals surface area contributed by atoms with Crippen molar-refractivity contribution in [2.24, 2.45) is 11.7 Å². The molecule has 0 radical (unpaired) electrons. The fourth-order valence-corrected chi connectivity index (χ4v) is 2.79. The third-order valence-corrected chi connectivity index (χ3v) is 4.93. The number of piperidine rings is 1. The lowest BCUT2D eigenvalue weighted by atomic mass is 9.77. The van der Waals surface area contributed by atoms with E-state index in [-0.39, 0.29) is 11.4 Å². The highest BCUT2D eigenvalue weighted by Crippen LogP contribution is 2.31. The second kappa shape index (κ2) is 7.25. The summed E-state index contributed by atoms with van der Waals surface area (Å²) in [4.78, 5) is 14.3. The van der Waals surface area contributed by atoms with Gasteiger partial charge in [0, 0.05) is 24.5 Å². The van der Waals surface area contributed by atoms with Crippen molar-refractivity contribution < 1.29 is 4.79 Å². The van der Waals surface area contributed by atoms with Gasteiger partial charge in [-0.2, -0.15) is 0 Å².